The standard InChI is InChI=1S/C19H20N6O4S/c1-14-21-23(13-22-8-10-28-11-9-22)19(30)24(14)20-12-17-6-7-18(29-17)15-2-4-16(5-3-15)25(26)27/h2-7,12H,8-11,13H2,1H3. The molecule has 1 saturated heterocycles. The molecule has 0 unspecified atom stereocenters. The molecule has 0 N–H and O–H groups in total. The van der Waals surface area contributed by atoms with Gasteiger partial charge in [-0.25, -0.2) is 4.68 Å². The summed E-state index contributed by atoms with van der Waals surface area (Å²) in [6.45, 7) is 5.54. The SMILES string of the molecule is Cc1nn(CN2CCOCC2)c(=S)n1N=Cc1ccc(-c2ccc([N+](=O)[O-])cc2)o1. The van der Waals surface area contributed by atoms with Crippen LogP contribution in [0.5, 0.6) is 0 Å². The number of hydrogen-bond donors (Lipinski definition) is 0. The Morgan fingerprint density at radius 1 is 1.23 bits per heavy atom. The highest BCUT2D eigenvalue weighted by Gasteiger charge is 2.14. The van der Waals surface area contributed by atoms with Gasteiger partial charge in [-0.3, -0.25) is 15.0 Å². The second-order valence-electron chi connectivity index (χ2n) is 6.76. The van der Waals surface area contributed by atoms with Crippen molar-refractivity contribution >= 4 is 24.1 Å². The third-order valence-corrected chi connectivity index (χ3v) is 5.09. The van der Waals surface area contributed by atoms with Crippen LogP contribution in [0.25, 0.3) is 11.3 Å². The van der Waals surface area contributed by atoms with Gasteiger partial charge in [-0.2, -0.15) is 14.9 Å². The second-order valence-corrected chi connectivity index (χ2v) is 7.13. The molecule has 0 radical (unpaired) electrons. The van der Waals surface area contributed by atoms with E-state index >= 15 is 0 Å². The number of aryl methyl sites for hydroxylation is 1. The van der Waals surface area contributed by atoms with Crippen molar-refractivity contribution in [3.8, 4) is 11.3 Å². The Kier molecular flexibility index (Phi) is 5.84. The van der Waals surface area contributed by atoms with Gasteiger partial charge in [-0.05, 0) is 43.4 Å². The predicted molar refractivity (Wildman–Crippen MR) is 112 cm³/mol. The van der Waals surface area contributed by atoms with Crippen LogP contribution in [0.2, 0.25) is 0 Å². The molecule has 0 aliphatic carbocycles. The van der Waals surface area contributed by atoms with E-state index < -0.39 is 4.92 Å². The van der Waals surface area contributed by atoms with Crippen LogP contribution in [0.15, 0.2) is 45.9 Å². The number of rotatable bonds is 6. The van der Waals surface area contributed by atoms with Crippen LogP contribution in [0.4, 0.5) is 5.69 Å². The highest BCUT2D eigenvalue weighted by molar-refractivity contribution is 7.71. The lowest BCUT2D eigenvalue weighted by Gasteiger charge is -2.25. The van der Waals surface area contributed by atoms with Gasteiger partial charge in [0.2, 0.25) is 4.77 Å². The van der Waals surface area contributed by atoms with Gasteiger partial charge in [-0.1, -0.05) is 0 Å². The van der Waals surface area contributed by atoms with Gasteiger partial charge in [-0.15, -0.1) is 0 Å². The first-order valence-electron chi connectivity index (χ1n) is 9.37. The van der Waals surface area contributed by atoms with Gasteiger partial charge in [0.25, 0.3) is 5.69 Å². The molecular formula is C19H20N6O4S. The zero-order valence-corrected chi connectivity index (χ0v) is 17.1. The Balaban J connectivity index is 1.49. The van der Waals surface area contributed by atoms with Gasteiger partial charge in [0.1, 0.15) is 11.5 Å². The quantitative estimate of drug-likeness (QED) is 0.257. The second kappa shape index (κ2) is 8.69. The summed E-state index contributed by atoms with van der Waals surface area (Å²) in [6, 6.07) is 9.74. The minimum absolute atomic E-state index is 0.0334. The van der Waals surface area contributed by atoms with Crippen molar-refractivity contribution in [2.75, 3.05) is 26.3 Å². The molecule has 3 aromatic rings. The molecule has 4 rings (SSSR count). The predicted octanol–water partition coefficient (Wildman–Crippen LogP) is 3.06. The van der Waals surface area contributed by atoms with E-state index in [2.05, 4.69) is 15.1 Å². The van der Waals surface area contributed by atoms with Crippen molar-refractivity contribution < 1.29 is 14.1 Å². The molecule has 2 aromatic heterocycles. The van der Waals surface area contributed by atoms with Crippen molar-refractivity contribution in [1.82, 2.24) is 19.4 Å². The lowest BCUT2D eigenvalue weighted by molar-refractivity contribution is -0.384. The van der Waals surface area contributed by atoms with Crippen LogP contribution >= 0.6 is 12.2 Å². The number of aromatic nitrogens is 3. The van der Waals surface area contributed by atoms with Crippen molar-refractivity contribution in [3.63, 3.8) is 0 Å². The molecule has 1 aliphatic heterocycles. The van der Waals surface area contributed by atoms with E-state index in [0.717, 1.165) is 18.7 Å². The Morgan fingerprint density at radius 2 is 1.97 bits per heavy atom. The number of nitro benzene ring substituents is 1. The topological polar surface area (TPSA) is 104 Å². The van der Waals surface area contributed by atoms with Gasteiger partial charge >= 0.3 is 0 Å². The number of nitrogens with zero attached hydrogens (tertiary/aromatic N) is 6. The molecular weight excluding hydrogens is 408 g/mol. The molecule has 10 nitrogen and oxygen atoms in total. The molecule has 30 heavy (non-hydrogen) atoms. The summed E-state index contributed by atoms with van der Waals surface area (Å²) < 4.78 is 15.0. The van der Waals surface area contributed by atoms with Crippen LogP contribution in [-0.4, -0.2) is 56.8 Å². The van der Waals surface area contributed by atoms with E-state index in [-0.39, 0.29) is 5.69 Å². The zero-order valence-electron chi connectivity index (χ0n) is 16.3. The lowest BCUT2D eigenvalue weighted by atomic mass is 10.1. The Labute approximate surface area is 177 Å². The fraction of sp³-hybridized carbons (Fsp3) is 0.316. The normalized spacial score (nSPS) is 15.1. The molecule has 0 spiro atoms. The fourth-order valence-electron chi connectivity index (χ4n) is 3.10. The monoisotopic (exact) mass is 428 g/mol. The van der Waals surface area contributed by atoms with Crippen LogP contribution in [0.1, 0.15) is 11.6 Å². The van der Waals surface area contributed by atoms with Gasteiger partial charge in [0, 0.05) is 30.8 Å². The average molecular weight is 428 g/mol. The highest BCUT2D eigenvalue weighted by Crippen LogP contribution is 2.24. The highest BCUT2D eigenvalue weighted by atomic mass is 32.1. The van der Waals surface area contributed by atoms with E-state index in [0.29, 0.717) is 42.0 Å². The summed E-state index contributed by atoms with van der Waals surface area (Å²) in [5.41, 5.74) is 0.775. The first-order chi connectivity index (χ1) is 14.5. The summed E-state index contributed by atoms with van der Waals surface area (Å²) >= 11 is 5.52. The smallest absolute Gasteiger partial charge is 0.269 e. The first kappa shape index (κ1) is 20.1. The van der Waals surface area contributed by atoms with E-state index in [9.17, 15) is 10.1 Å². The molecule has 0 saturated carbocycles. The van der Waals surface area contributed by atoms with Crippen LogP contribution in [-0.2, 0) is 11.4 Å². The van der Waals surface area contributed by atoms with E-state index in [1.807, 2.05) is 6.92 Å². The Morgan fingerprint density at radius 3 is 2.67 bits per heavy atom. The molecule has 0 bridgehead atoms. The largest absolute Gasteiger partial charge is 0.455 e. The Hall–Kier alpha value is -3.15. The van der Waals surface area contributed by atoms with Gasteiger partial charge in [0.05, 0.1) is 31.0 Å². The number of non-ortho nitro benzene ring substituents is 1. The van der Waals surface area contributed by atoms with E-state index in [1.165, 1.54) is 12.1 Å². The molecule has 1 aromatic carbocycles. The zero-order chi connectivity index (χ0) is 21.1. The summed E-state index contributed by atoms with van der Waals surface area (Å²) in [4.78, 5) is 12.6. The summed E-state index contributed by atoms with van der Waals surface area (Å²) in [6.07, 6.45) is 1.57. The van der Waals surface area contributed by atoms with Crippen molar-refractivity contribution in [2.45, 2.75) is 13.6 Å². The average Bonchev–Trinajstić information content (AvgIpc) is 3.32. The third kappa shape index (κ3) is 4.37. The van der Waals surface area contributed by atoms with Gasteiger partial charge < -0.3 is 9.15 Å². The summed E-state index contributed by atoms with van der Waals surface area (Å²) in [5, 5.41) is 19.7. The summed E-state index contributed by atoms with van der Waals surface area (Å²) in [7, 11) is 0. The number of morpholine rings is 1. The Bertz CT molecular complexity index is 1120. The lowest BCUT2D eigenvalue weighted by Crippen LogP contribution is -2.37. The fourth-order valence-corrected chi connectivity index (χ4v) is 3.38. The minimum Gasteiger partial charge on any atom is -0.455 e. The van der Waals surface area contributed by atoms with Crippen LogP contribution in [0.3, 0.4) is 0 Å². The molecule has 11 heteroatoms. The van der Waals surface area contributed by atoms with Crippen LogP contribution < -0.4 is 0 Å². The molecule has 1 fully saturated rings. The molecule has 156 valence electrons. The van der Waals surface area contributed by atoms with E-state index in [4.69, 9.17) is 21.4 Å². The first-order valence-corrected chi connectivity index (χ1v) is 9.77. The molecule has 1 aliphatic rings. The molecule has 0 atom stereocenters. The van der Waals surface area contributed by atoms with Crippen molar-refractivity contribution in [3.05, 3.63) is 62.9 Å². The van der Waals surface area contributed by atoms with Crippen molar-refractivity contribution in [1.29, 1.82) is 0 Å². The molecule has 3 heterocycles. The minimum atomic E-state index is -0.435. The van der Waals surface area contributed by atoms with Crippen LogP contribution in [0, 0.1) is 21.8 Å². The summed E-state index contributed by atoms with van der Waals surface area (Å²) in [5.74, 6) is 1.80. The molecule has 0 amide bonds. The number of benzene rings is 1. The van der Waals surface area contributed by atoms with Gasteiger partial charge in [0.15, 0.2) is 5.82 Å². The van der Waals surface area contributed by atoms with Crippen molar-refractivity contribution in [2.24, 2.45) is 5.10 Å². The number of hydrogen-bond acceptors (Lipinski definition) is 8. The maximum absolute atomic E-state index is 10.8. The third-order valence-electron chi connectivity index (χ3n) is 4.70. The maximum atomic E-state index is 10.8. The number of nitro groups is 1. The number of ether oxygens (including phenoxy) is 1. The van der Waals surface area contributed by atoms with E-state index in [1.54, 1.807) is 39.8 Å². The number of furan rings is 1. The maximum Gasteiger partial charge on any atom is 0.269 e.